The average Bonchev–Trinajstić information content (AvgIpc) is 2.19. The summed E-state index contributed by atoms with van der Waals surface area (Å²) in [4.78, 5) is 2.52. The summed E-state index contributed by atoms with van der Waals surface area (Å²) in [6.07, 6.45) is 5.06. The van der Waals surface area contributed by atoms with Gasteiger partial charge in [0.2, 0.25) is 0 Å². The Morgan fingerprint density at radius 2 is 2.13 bits per heavy atom. The molecular weight excluding hydrogens is 212 g/mol. The predicted octanol–water partition coefficient (Wildman–Crippen LogP) is 1.26. The number of piperidine rings is 1. The first kappa shape index (κ1) is 13.2. The Labute approximate surface area is 98.7 Å². The van der Waals surface area contributed by atoms with E-state index in [2.05, 4.69) is 4.90 Å². The maximum atomic E-state index is 5.96. The van der Waals surface area contributed by atoms with Gasteiger partial charge in [0.1, 0.15) is 0 Å². The molecule has 0 aromatic rings. The molecule has 2 heterocycles. The predicted molar refractivity (Wildman–Crippen MR) is 64.4 cm³/mol. The van der Waals surface area contributed by atoms with Gasteiger partial charge in [0.05, 0.1) is 6.61 Å². The van der Waals surface area contributed by atoms with Crippen LogP contribution in [0.25, 0.3) is 0 Å². The molecule has 90 valence electrons. The molecule has 1 unspecified atom stereocenters. The molecule has 2 aliphatic heterocycles. The quantitative estimate of drug-likeness (QED) is 0.782. The fourth-order valence-electron chi connectivity index (χ4n) is 2.57. The van der Waals surface area contributed by atoms with Crippen molar-refractivity contribution in [2.24, 2.45) is 11.7 Å². The van der Waals surface area contributed by atoms with Gasteiger partial charge in [-0.05, 0) is 38.1 Å². The Hall–Kier alpha value is 0.170. The van der Waals surface area contributed by atoms with Crippen molar-refractivity contribution < 1.29 is 4.74 Å². The van der Waals surface area contributed by atoms with Crippen molar-refractivity contribution in [3.63, 3.8) is 0 Å². The van der Waals surface area contributed by atoms with Crippen LogP contribution in [0, 0.1) is 5.92 Å². The fourth-order valence-corrected chi connectivity index (χ4v) is 2.57. The summed E-state index contributed by atoms with van der Waals surface area (Å²) in [6.45, 7) is 5.47. The molecule has 2 fully saturated rings. The molecule has 4 heteroatoms. The molecule has 2 saturated heterocycles. The second kappa shape index (κ2) is 6.69. The molecule has 2 aliphatic rings. The number of nitrogens with zero attached hydrogens (tertiary/aromatic N) is 1. The van der Waals surface area contributed by atoms with Crippen molar-refractivity contribution >= 4 is 12.4 Å². The Morgan fingerprint density at radius 1 is 1.27 bits per heavy atom. The van der Waals surface area contributed by atoms with Gasteiger partial charge in [0, 0.05) is 25.7 Å². The maximum Gasteiger partial charge on any atom is 0.0506 e. The highest BCUT2D eigenvalue weighted by Crippen LogP contribution is 2.17. The SMILES string of the molecule is Cl.N[C@@H]1CCCN(CC2CCCOC2)C1. The first-order valence-corrected chi connectivity index (χ1v) is 5.90. The fraction of sp³-hybridized carbons (Fsp3) is 1.00. The molecule has 2 N–H and O–H groups in total. The van der Waals surface area contributed by atoms with Gasteiger partial charge in [-0.2, -0.15) is 0 Å². The van der Waals surface area contributed by atoms with Crippen LogP contribution >= 0.6 is 12.4 Å². The summed E-state index contributed by atoms with van der Waals surface area (Å²) >= 11 is 0. The minimum Gasteiger partial charge on any atom is -0.381 e. The number of rotatable bonds is 2. The molecule has 2 rings (SSSR count). The van der Waals surface area contributed by atoms with Gasteiger partial charge in [-0.3, -0.25) is 0 Å². The summed E-state index contributed by atoms with van der Waals surface area (Å²) in [5.74, 6) is 0.758. The molecule has 0 aromatic heterocycles. The van der Waals surface area contributed by atoms with Crippen LogP contribution in [0.15, 0.2) is 0 Å². The third-order valence-corrected chi connectivity index (χ3v) is 3.31. The number of halogens is 1. The van der Waals surface area contributed by atoms with Crippen LogP contribution in [0.2, 0.25) is 0 Å². The van der Waals surface area contributed by atoms with E-state index < -0.39 is 0 Å². The summed E-state index contributed by atoms with van der Waals surface area (Å²) < 4.78 is 5.49. The molecule has 15 heavy (non-hydrogen) atoms. The van der Waals surface area contributed by atoms with Crippen LogP contribution in [0.4, 0.5) is 0 Å². The van der Waals surface area contributed by atoms with Crippen LogP contribution < -0.4 is 5.73 Å². The lowest BCUT2D eigenvalue weighted by Gasteiger charge is -2.34. The average molecular weight is 235 g/mol. The lowest BCUT2D eigenvalue weighted by atomic mass is 9.99. The highest BCUT2D eigenvalue weighted by Gasteiger charge is 2.21. The van der Waals surface area contributed by atoms with Crippen LogP contribution in [-0.2, 0) is 4.74 Å². The van der Waals surface area contributed by atoms with Crippen LogP contribution in [0.1, 0.15) is 25.7 Å². The number of ether oxygens (including phenoxy) is 1. The van der Waals surface area contributed by atoms with Crippen LogP contribution in [0.3, 0.4) is 0 Å². The van der Waals surface area contributed by atoms with E-state index >= 15 is 0 Å². The van der Waals surface area contributed by atoms with Gasteiger partial charge in [0.25, 0.3) is 0 Å². The molecule has 0 bridgehead atoms. The zero-order valence-electron chi connectivity index (χ0n) is 9.36. The van der Waals surface area contributed by atoms with Crippen LogP contribution in [-0.4, -0.2) is 43.8 Å². The molecule has 2 atom stereocenters. The molecule has 0 aliphatic carbocycles. The van der Waals surface area contributed by atoms with Crippen molar-refractivity contribution in [1.82, 2.24) is 4.90 Å². The zero-order chi connectivity index (χ0) is 9.80. The zero-order valence-corrected chi connectivity index (χ0v) is 10.2. The Kier molecular flexibility index (Phi) is 5.90. The first-order valence-electron chi connectivity index (χ1n) is 5.90. The van der Waals surface area contributed by atoms with E-state index in [1.807, 2.05) is 0 Å². The van der Waals surface area contributed by atoms with E-state index in [-0.39, 0.29) is 12.4 Å². The van der Waals surface area contributed by atoms with E-state index in [0.717, 1.165) is 25.7 Å². The molecule has 0 saturated carbocycles. The van der Waals surface area contributed by atoms with Gasteiger partial charge in [-0.1, -0.05) is 0 Å². The number of nitrogens with two attached hydrogens (primary N) is 1. The van der Waals surface area contributed by atoms with Crippen molar-refractivity contribution in [3.05, 3.63) is 0 Å². The number of hydrogen-bond acceptors (Lipinski definition) is 3. The smallest absolute Gasteiger partial charge is 0.0506 e. The third kappa shape index (κ3) is 4.27. The second-order valence-corrected chi connectivity index (χ2v) is 4.75. The molecule has 0 aromatic carbocycles. The van der Waals surface area contributed by atoms with E-state index in [1.165, 1.54) is 38.8 Å². The lowest BCUT2D eigenvalue weighted by Crippen LogP contribution is -2.45. The van der Waals surface area contributed by atoms with Gasteiger partial charge >= 0.3 is 0 Å². The minimum absolute atomic E-state index is 0. The van der Waals surface area contributed by atoms with Gasteiger partial charge in [0.15, 0.2) is 0 Å². The standard InChI is InChI=1S/C11H22N2O.ClH/c12-11-4-1-5-13(8-11)7-10-3-2-6-14-9-10;/h10-11H,1-9,12H2;1H/t10?,11-;/m1./s1. The number of hydrogen-bond donors (Lipinski definition) is 1. The first-order chi connectivity index (χ1) is 6.84. The van der Waals surface area contributed by atoms with Crippen molar-refractivity contribution in [1.29, 1.82) is 0 Å². The molecule has 0 spiro atoms. The van der Waals surface area contributed by atoms with Gasteiger partial charge in [-0.25, -0.2) is 0 Å². The van der Waals surface area contributed by atoms with Gasteiger partial charge < -0.3 is 15.4 Å². The van der Waals surface area contributed by atoms with Crippen molar-refractivity contribution in [3.8, 4) is 0 Å². The Bertz CT molecular complexity index is 174. The molecule has 3 nitrogen and oxygen atoms in total. The van der Waals surface area contributed by atoms with Crippen LogP contribution in [0.5, 0.6) is 0 Å². The second-order valence-electron chi connectivity index (χ2n) is 4.75. The van der Waals surface area contributed by atoms with Crippen molar-refractivity contribution in [2.45, 2.75) is 31.7 Å². The monoisotopic (exact) mass is 234 g/mol. The van der Waals surface area contributed by atoms with E-state index in [4.69, 9.17) is 10.5 Å². The summed E-state index contributed by atoms with van der Waals surface area (Å²) in [5.41, 5.74) is 5.96. The minimum atomic E-state index is 0. The summed E-state index contributed by atoms with van der Waals surface area (Å²) in [6, 6.07) is 0.410. The molecule has 0 radical (unpaired) electrons. The van der Waals surface area contributed by atoms with E-state index in [9.17, 15) is 0 Å². The Balaban J connectivity index is 0.00000112. The Morgan fingerprint density at radius 3 is 2.80 bits per heavy atom. The maximum absolute atomic E-state index is 5.96. The third-order valence-electron chi connectivity index (χ3n) is 3.31. The number of likely N-dealkylation sites (tertiary alicyclic amines) is 1. The highest BCUT2D eigenvalue weighted by molar-refractivity contribution is 5.85. The molecular formula is C11H23ClN2O. The normalized spacial score (nSPS) is 33.4. The molecule has 0 amide bonds. The van der Waals surface area contributed by atoms with E-state index in [1.54, 1.807) is 0 Å². The summed E-state index contributed by atoms with van der Waals surface area (Å²) in [5, 5.41) is 0. The summed E-state index contributed by atoms with van der Waals surface area (Å²) in [7, 11) is 0. The topological polar surface area (TPSA) is 38.5 Å². The van der Waals surface area contributed by atoms with Gasteiger partial charge in [-0.15, -0.1) is 12.4 Å². The highest BCUT2D eigenvalue weighted by atomic mass is 35.5. The van der Waals surface area contributed by atoms with E-state index in [0.29, 0.717) is 6.04 Å². The largest absolute Gasteiger partial charge is 0.381 e. The van der Waals surface area contributed by atoms with Crippen molar-refractivity contribution in [2.75, 3.05) is 32.8 Å². The lowest BCUT2D eigenvalue weighted by molar-refractivity contribution is 0.0343.